The number of methoxy groups -OCH3 is 1. The highest BCUT2D eigenvalue weighted by Gasteiger charge is 2.24. The molecule has 0 aliphatic rings. The number of benzene rings is 1. The maximum atomic E-state index is 6.34. The second-order valence-electron chi connectivity index (χ2n) is 6.00. The standard InChI is InChI=1S/C15H24BrNO/c1-10(15(2,3)4)8-13(17)12-9-11(16)6-7-14(12)18-5/h6-7,9-10,13H,8,17H2,1-5H3. The van der Waals surface area contributed by atoms with Gasteiger partial charge in [-0.3, -0.25) is 0 Å². The van der Waals surface area contributed by atoms with Crippen LogP contribution in [0.2, 0.25) is 0 Å². The van der Waals surface area contributed by atoms with Crippen LogP contribution in [0.25, 0.3) is 0 Å². The Morgan fingerprint density at radius 3 is 2.44 bits per heavy atom. The Labute approximate surface area is 119 Å². The van der Waals surface area contributed by atoms with Crippen molar-refractivity contribution in [3.8, 4) is 5.75 Å². The Morgan fingerprint density at radius 2 is 1.94 bits per heavy atom. The summed E-state index contributed by atoms with van der Waals surface area (Å²) in [4.78, 5) is 0. The van der Waals surface area contributed by atoms with Gasteiger partial charge in [-0.2, -0.15) is 0 Å². The molecule has 0 heterocycles. The zero-order valence-electron chi connectivity index (χ0n) is 12.0. The molecule has 0 aromatic heterocycles. The molecule has 3 heteroatoms. The van der Waals surface area contributed by atoms with Crippen LogP contribution in [0.4, 0.5) is 0 Å². The predicted octanol–water partition coefficient (Wildman–Crippen LogP) is 4.53. The van der Waals surface area contributed by atoms with Crippen molar-refractivity contribution in [1.82, 2.24) is 0 Å². The lowest BCUT2D eigenvalue weighted by atomic mass is 9.77. The molecule has 0 aliphatic heterocycles. The summed E-state index contributed by atoms with van der Waals surface area (Å²) in [7, 11) is 1.69. The van der Waals surface area contributed by atoms with Gasteiger partial charge >= 0.3 is 0 Å². The number of ether oxygens (including phenoxy) is 1. The van der Waals surface area contributed by atoms with Crippen LogP contribution >= 0.6 is 15.9 Å². The Kier molecular flexibility index (Phi) is 5.23. The second kappa shape index (κ2) is 6.07. The first-order valence-corrected chi connectivity index (χ1v) is 7.14. The van der Waals surface area contributed by atoms with E-state index in [-0.39, 0.29) is 11.5 Å². The summed E-state index contributed by atoms with van der Waals surface area (Å²) in [6, 6.07) is 5.99. The summed E-state index contributed by atoms with van der Waals surface area (Å²) in [6.07, 6.45) is 0.955. The number of halogens is 1. The normalized spacial score (nSPS) is 15.3. The Balaban J connectivity index is 2.90. The van der Waals surface area contributed by atoms with Crippen molar-refractivity contribution in [3.63, 3.8) is 0 Å². The van der Waals surface area contributed by atoms with Crippen molar-refractivity contribution < 1.29 is 4.74 Å². The first-order valence-electron chi connectivity index (χ1n) is 6.34. The number of nitrogens with two attached hydrogens (primary N) is 1. The van der Waals surface area contributed by atoms with E-state index in [2.05, 4.69) is 49.7 Å². The van der Waals surface area contributed by atoms with Crippen molar-refractivity contribution in [2.45, 2.75) is 40.2 Å². The fourth-order valence-corrected chi connectivity index (χ4v) is 2.24. The monoisotopic (exact) mass is 313 g/mol. The molecule has 102 valence electrons. The molecule has 0 amide bonds. The molecule has 0 radical (unpaired) electrons. The minimum Gasteiger partial charge on any atom is -0.496 e. The van der Waals surface area contributed by atoms with Gasteiger partial charge in [0.05, 0.1) is 7.11 Å². The zero-order chi connectivity index (χ0) is 13.9. The third-order valence-corrected chi connectivity index (χ3v) is 4.17. The van der Waals surface area contributed by atoms with Crippen molar-refractivity contribution >= 4 is 15.9 Å². The summed E-state index contributed by atoms with van der Waals surface area (Å²) in [6.45, 7) is 9.01. The van der Waals surface area contributed by atoms with Gasteiger partial charge in [0.25, 0.3) is 0 Å². The van der Waals surface area contributed by atoms with E-state index in [9.17, 15) is 0 Å². The summed E-state index contributed by atoms with van der Waals surface area (Å²) in [5.74, 6) is 1.42. The van der Waals surface area contributed by atoms with Gasteiger partial charge in [0.1, 0.15) is 5.75 Å². The van der Waals surface area contributed by atoms with Gasteiger partial charge in [-0.05, 0) is 36.0 Å². The van der Waals surface area contributed by atoms with Crippen LogP contribution in [-0.4, -0.2) is 7.11 Å². The lowest BCUT2D eigenvalue weighted by Gasteiger charge is -2.30. The van der Waals surface area contributed by atoms with Crippen LogP contribution in [0.1, 0.15) is 45.7 Å². The van der Waals surface area contributed by atoms with Crippen LogP contribution in [0.5, 0.6) is 5.75 Å². The summed E-state index contributed by atoms with van der Waals surface area (Å²) < 4.78 is 6.43. The van der Waals surface area contributed by atoms with Crippen molar-refractivity contribution in [2.75, 3.05) is 7.11 Å². The molecule has 1 aromatic carbocycles. The molecular weight excluding hydrogens is 290 g/mol. The molecular formula is C15H24BrNO. The van der Waals surface area contributed by atoms with Gasteiger partial charge in [-0.1, -0.05) is 43.6 Å². The molecule has 0 saturated heterocycles. The predicted molar refractivity (Wildman–Crippen MR) is 80.9 cm³/mol. The molecule has 0 bridgehead atoms. The smallest absolute Gasteiger partial charge is 0.123 e. The Hall–Kier alpha value is -0.540. The molecule has 0 fully saturated rings. The molecule has 0 spiro atoms. The first-order chi connectivity index (χ1) is 8.25. The Bertz CT molecular complexity index is 398. The van der Waals surface area contributed by atoms with Crippen LogP contribution in [-0.2, 0) is 0 Å². The van der Waals surface area contributed by atoms with Gasteiger partial charge in [-0.25, -0.2) is 0 Å². The Morgan fingerprint density at radius 1 is 1.33 bits per heavy atom. The topological polar surface area (TPSA) is 35.2 Å². The molecule has 2 unspecified atom stereocenters. The summed E-state index contributed by atoms with van der Waals surface area (Å²) in [5, 5.41) is 0. The highest BCUT2D eigenvalue weighted by Crippen LogP contribution is 2.35. The van der Waals surface area contributed by atoms with Crippen molar-refractivity contribution in [2.24, 2.45) is 17.1 Å². The lowest BCUT2D eigenvalue weighted by Crippen LogP contribution is -2.23. The van der Waals surface area contributed by atoms with E-state index in [4.69, 9.17) is 10.5 Å². The van der Waals surface area contributed by atoms with Gasteiger partial charge in [0, 0.05) is 16.1 Å². The average molecular weight is 314 g/mol. The van der Waals surface area contributed by atoms with E-state index in [1.54, 1.807) is 7.11 Å². The third-order valence-electron chi connectivity index (χ3n) is 3.68. The average Bonchev–Trinajstić information content (AvgIpc) is 2.27. The van der Waals surface area contributed by atoms with E-state index >= 15 is 0 Å². The zero-order valence-corrected chi connectivity index (χ0v) is 13.5. The third kappa shape index (κ3) is 3.99. The highest BCUT2D eigenvalue weighted by molar-refractivity contribution is 9.10. The fourth-order valence-electron chi connectivity index (χ4n) is 1.86. The largest absolute Gasteiger partial charge is 0.496 e. The van der Waals surface area contributed by atoms with Gasteiger partial charge < -0.3 is 10.5 Å². The first kappa shape index (κ1) is 15.5. The molecule has 2 nitrogen and oxygen atoms in total. The maximum Gasteiger partial charge on any atom is 0.123 e. The minimum absolute atomic E-state index is 0.00618. The summed E-state index contributed by atoms with van der Waals surface area (Å²) >= 11 is 3.49. The van der Waals surface area contributed by atoms with Crippen LogP contribution in [0.15, 0.2) is 22.7 Å². The number of hydrogen-bond donors (Lipinski definition) is 1. The van der Waals surface area contributed by atoms with E-state index in [0.29, 0.717) is 5.92 Å². The van der Waals surface area contributed by atoms with Crippen LogP contribution in [0, 0.1) is 11.3 Å². The molecule has 2 atom stereocenters. The molecule has 18 heavy (non-hydrogen) atoms. The summed E-state index contributed by atoms with van der Waals surface area (Å²) in [5.41, 5.74) is 7.68. The highest BCUT2D eigenvalue weighted by atomic mass is 79.9. The van der Waals surface area contributed by atoms with Gasteiger partial charge in [0.15, 0.2) is 0 Å². The minimum atomic E-state index is 0.00618. The van der Waals surface area contributed by atoms with Crippen LogP contribution in [0.3, 0.4) is 0 Å². The molecule has 1 rings (SSSR count). The van der Waals surface area contributed by atoms with E-state index in [0.717, 1.165) is 22.2 Å². The van der Waals surface area contributed by atoms with Gasteiger partial charge in [-0.15, -0.1) is 0 Å². The number of hydrogen-bond acceptors (Lipinski definition) is 2. The van der Waals surface area contributed by atoms with Crippen molar-refractivity contribution in [3.05, 3.63) is 28.2 Å². The van der Waals surface area contributed by atoms with E-state index < -0.39 is 0 Å². The molecule has 2 N–H and O–H groups in total. The number of rotatable bonds is 4. The van der Waals surface area contributed by atoms with E-state index in [1.807, 2.05) is 12.1 Å². The molecule has 0 aliphatic carbocycles. The van der Waals surface area contributed by atoms with Gasteiger partial charge in [0.2, 0.25) is 0 Å². The van der Waals surface area contributed by atoms with Crippen LogP contribution < -0.4 is 10.5 Å². The second-order valence-corrected chi connectivity index (χ2v) is 6.91. The molecule has 1 aromatic rings. The SMILES string of the molecule is COc1ccc(Br)cc1C(N)CC(C)C(C)(C)C. The lowest BCUT2D eigenvalue weighted by molar-refractivity contribution is 0.232. The quantitative estimate of drug-likeness (QED) is 0.886. The van der Waals surface area contributed by atoms with Crippen molar-refractivity contribution in [1.29, 1.82) is 0 Å². The van der Waals surface area contributed by atoms with E-state index in [1.165, 1.54) is 0 Å². The molecule has 0 saturated carbocycles. The maximum absolute atomic E-state index is 6.34. The fraction of sp³-hybridized carbons (Fsp3) is 0.600.